The zero-order valence-electron chi connectivity index (χ0n) is 12.5. The number of fused-ring (bicyclic) bond motifs is 1. The first-order valence-corrected chi connectivity index (χ1v) is 7.35. The maximum absolute atomic E-state index is 12.4. The van der Waals surface area contributed by atoms with Crippen molar-refractivity contribution in [1.29, 1.82) is 0 Å². The molecule has 0 bridgehead atoms. The van der Waals surface area contributed by atoms with Crippen LogP contribution in [0.3, 0.4) is 0 Å². The van der Waals surface area contributed by atoms with Crippen LogP contribution in [-0.2, 0) is 9.59 Å². The Hall–Kier alpha value is -3.02. The lowest BCUT2D eigenvalue weighted by molar-refractivity contribution is -0.137. The number of aromatic nitrogens is 3. The summed E-state index contributed by atoms with van der Waals surface area (Å²) in [6.07, 6.45) is 3.50. The molecule has 2 aromatic heterocycles. The molecule has 1 atom stereocenters. The zero-order chi connectivity index (χ0) is 16.0. The fourth-order valence-electron chi connectivity index (χ4n) is 3.05. The van der Waals surface area contributed by atoms with Crippen molar-refractivity contribution in [3.63, 3.8) is 0 Å². The summed E-state index contributed by atoms with van der Waals surface area (Å²) in [6, 6.07) is 11.5. The molecule has 23 heavy (non-hydrogen) atoms. The molecule has 3 heterocycles. The number of carbonyl (C=O) groups excluding carboxylic acids is 2. The highest BCUT2D eigenvalue weighted by Crippen LogP contribution is 2.34. The normalized spacial score (nSPS) is 18.1. The summed E-state index contributed by atoms with van der Waals surface area (Å²) in [5, 5.41) is 0.991. The number of benzene rings is 1. The number of carbonyl (C=O) groups is 2. The predicted octanol–water partition coefficient (Wildman–Crippen LogP) is 1.89. The van der Waals surface area contributed by atoms with Crippen LogP contribution in [-0.4, -0.2) is 38.3 Å². The Kier molecular flexibility index (Phi) is 2.97. The number of imide groups is 1. The molecule has 1 saturated heterocycles. The van der Waals surface area contributed by atoms with Crippen LogP contribution in [0.2, 0.25) is 0 Å². The smallest absolute Gasteiger partial charge is 0.238 e. The molecule has 3 aromatic rings. The number of hydrogen-bond acceptors (Lipinski definition) is 4. The number of rotatable bonds is 2. The quantitative estimate of drug-likeness (QED) is 0.678. The molecule has 114 valence electrons. The molecule has 0 radical (unpaired) electrons. The van der Waals surface area contributed by atoms with Gasteiger partial charge in [-0.25, -0.2) is 9.97 Å². The van der Waals surface area contributed by atoms with Crippen molar-refractivity contribution in [3.05, 3.63) is 54.5 Å². The monoisotopic (exact) mass is 306 g/mol. The highest BCUT2D eigenvalue weighted by molar-refractivity contribution is 6.06. The maximum Gasteiger partial charge on any atom is 0.238 e. The second kappa shape index (κ2) is 5.01. The number of amides is 2. The third kappa shape index (κ3) is 2.03. The summed E-state index contributed by atoms with van der Waals surface area (Å²) in [6.45, 7) is 0. The number of nitrogens with zero attached hydrogens (tertiary/aromatic N) is 4. The molecule has 0 unspecified atom stereocenters. The van der Waals surface area contributed by atoms with Gasteiger partial charge in [0.2, 0.25) is 17.8 Å². The second-order valence-corrected chi connectivity index (χ2v) is 5.56. The largest absolute Gasteiger partial charge is 0.285 e. The molecule has 0 spiro atoms. The summed E-state index contributed by atoms with van der Waals surface area (Å²) in [5.74, 6) is -0.344. The molecule has 4 rings (SSSR count). The van der Waals surface area contributed by atoms with E-state index in [9.17, 15) is 9.59 Å². The average molecular weight is 306 g/mol. The Bertz CT molecular complexity index is 917. The van der Waals surface area contributed by atoms with Gasteiger partial charge >= 0.3 is 0 Å². The van der Waals surface area contributed by atoms with Gasteiger partial charge in [0.25, 0.3) is 0 Å². The number of para-hydroxylation sites is 1. The highest BCUT2D eigenvalue weighted by Gasteiger charge is 2.39. The lowest BCUT2D eigenvalue weighted by atomic mass is 10.0. The topological polar surface area (TPSA) is 68.1 Å². The minimum atomic E-state index is -0.497. The van der Waals surface area contributed by atoms with E-state index in [1.54, 1.807) is 18.5 Å². The molecule has 2 amide bonds. The fourth-order valence-corrected chi connectivity index (χ4v) is 3.05. The van der Waals surface area contributed by atoms with Crippen LogP contribution in [0.1, 0.15) is 18.0 Å². The number of hydrogen-bond donors (Lipinski definition) is 0. The van der Waals surface area contributed by atoms with Crippen molar-refractivity contribution in [2.45, 2.75) is 12.3 Å². The van der Waals surface area contributed by atoms with Gasteiger partial charge in [-0.15, -0.1) is 0 Å². The molecular formula is C17H14N4O2. The molecule has 6 heteroatoms. The van der Waals surface area contributed by atoms with E-state index in [1.807, 2.05) is 34.9 Å². The summed E-state index contributed by atoms with van der Waals surface area (Å²) in [7, 11) is 1.52. The van der Waals surface area contributed by atoms with Gasteiger partial charge in [0.15, 0.2) is 0 Å². The first-order chi connectivity index (χ1) is 11.2. The lowest BCUT2D eigenvalue weighted by Crippen LogP contribution is -2.25. The van der Waals surface area contributed by atoms with Crippen LogP contribution in [0, 0.1) is 0 Å². The van der Waals surface area contributed by atoms with Crippen molar-refractivity contribution in [2.75, 3.05) is 7.05 Å². The van der Waals surface area contributed by atoms with Crippen molar-refractivity contribution < 1.29 is 9.59 Å². The van der Waals surface area contributed by atoms with Crippen LogP contribution >= 0.6 is 0 Å². The number of likely N-dealkylation sites (tertiary alicyclic amines) is 1. The van der Waals surface area contributed by atoms with Crippen molar-refractivity contribution in [3.8, 4) is 5.95 Å². The third-order valence-electron chi connectivity index (χ3n) is 4.23. The van der Waals surface area contributed by atoms with E-state index in [4.69, 9.17) is 0 Å². The average Bonchev–Trinajstić information content (AvgIpc) is 3.08. The van der Waals surface area contributed by atoms with Crippen molar-refractivity contribution in [2.24, 2.45) is 0 Å². The molecule has 1 fully saturated rings. The molecule has 1 aliphatic rings. The standard InChI is InChI=1S/C17H14N4O2/c1-20-15(22)10-12(16(20)23)14-9-11-5-2-3-6-13(11)21(14)17-18-7-4-8-19-17/h2-9,12H,10H2,1H3/t12-/m1/s1. The molecule has 1 aromatic carbocycles. The van der Waals surface area contributed by atoms with Gasteiger partial charge in [0.1, 0.15) is 0 Å². The molecule has 1 aliphatic heterocycles. The second-order valence-electron chi connectivity index (χ2n) is 5.56. The van der Waals surface area contributed by atoms with Gasteiger partial charge in [-0.1, -0.05) is 18.2 Å². The Morgan fingerprint density at radius 2 is 1.83 bits per heavy atom. The Balaban J connectivity index is 1.97. The lowest BCUT2D eigenvalue weighted by Gasteiger charge is -2.13. The predicted molar refractivity (Wildman–Crippen MR) is 84.0 cm³/mol. The van der Waals surface area contributed by atoms with Crippen LogP contribution in [0.4, 0.5) is 0 Å². The van der Waals surface area contributed by atoms with E-state index in [1.165, 1.54) is 11.9 Å². The van der Waals surface area contributed by atoms with Gasteiger partial charge in [0.05, 0.1) is 11.4 Å². The Morgan fingerprint density at radius 1 is 1.09 bits per heavy atom. The minimum Gasteiger partial charge on any atom is -0.285 e. The molecule has 0 N–H and O–H groups in total. The molecule has 0 saturated carbocycles. The molecule has 6 nitrogen and oxygen atoms in total. The highest BCUT2D eigenvalue weighted by atomic mass is 16.2. The van der Waals surface area contributed by atoms with E-state index >= 15 is 0 Å². The van der Waals surface area contributed by atoms with E-state index in [2.05, 4.69) is 9.97 Å². The summed E-state index contributed by atoms with van der Waals surface area (Å²) < 4.78 is 1.87. The summed E-state index contributed by atoms with van der Waals surface area (Å²) in [4.78, 5) is 34.1. The van der Waals surface area contributed by atoms with Crippen LogP contribution in [0.5, 0.6) is 0 Å². The zero-order valence-corrected chi connectivity index (χ0v) is 12.5. The van der Waals surface area contributed by atoms with E-state index in [-0.39, 0.29) is 18.2 Å². The first kappa shape index (κ1) is 13.6. The van der Waals surface area contributed by atoms with Crippen molar-refractivity contribution >= 4 is 22.7 Å². The maximum atomic E-state index is 12.4. The van der Waals surface area contributed by atoms with Crippen molar-refractivity contribution in [1.82, 2.24) is 19.4 Å². The molecular weight excluding hydrogens is 292 g/mol. The van der Waals surface area contributed by atoms with Gasteiger partial charge in [0, 0.05) is 36.9 Å². The van der Waals surface area contributed by atoms with E-state index in [0.717, 1.165) is 16.6 Å². The Morgan fingerprint density at radius 3 is 2.52 bits per heavy atom. The van der Waals surface area contributed by atoms with Gasteiger partial charge < -0.3 is 0 Å². The van der Waals surface area contributed by atoms with Gasteiger partial charge in [-0.05, 0) is 18.2 Å². The summed E-state index contributed by atoms with van der Waals surface area (Å²) in [5.41, 5.74) is 1.67. The van der Waals surface area contributed by atoms with Crippen LogP contribution < -0.4 is 0 Å². The van der Waals surface area contributed by atoms with E-state index < -0.39 is 5.92 Å². The third-order valence-corrected chi connectivity index (χ3v) is 4.23. The minimum absolute atomic E-state index is 0.161. The number of likely N-dealkylation sites (N-methyl/N-ethyl adjacent to an activating group) is 1. The first-order valence-electron chi connectivity index (χ1n) is 7.35. The van der Waals surface area contributed by atoms with Gasteiger partial charge in [-0.3, -0.25) is 19.1 Å². The van der Waals surface area contributed by atoms with Crippen LogP contribution in [0.15, 0.2) is 48.8 Å². The van der Waals surface area contributed by atoms with Crippen LogP contribution in [0.25, 0.3) is 16.9 Å². The SMILES string of the molecule is CN1C(=O)C[C@H](c2cc3ccccc3n2-c2ncccn2)C1=O. The Labute approximate surface area is 132 Å². The summed E-state index contributed by atoms with van der Waals surface area (Å²) >= 11 is 0. The fraction of sp³-hybridized carbons (Fsp3) is 0.176. The van der Waals surface area contributed by atoms with E-state index in [0.29, 0.717) is 5.95 Å². The molecule has 0 aliphatic carbocycles. The van der Waals surface area contributed by atoms with Gasteiger partial charge in [-0.2, -0.15) is 0 Å².